The smallest absolute Gasteiger partial charge is 0.272 e. The van der Waals surface area contributed by atoms with Gasteiger partial charge in [0.05, 0.1) is 23.3 Å². The van der Waals surface area contributed by atoms with Crippen molar-refractivity contribution in [2.75, 3.05) is 23.3 Å². The quantitative estimate of drug-likeness (QED) is 0.545. The Kier molecular flexibility index (Phi) is 6.55. The second-order valence-corrected chi connectivity index (χ2v) is 8.03. The number of pyridine rings is 1. The number of nitrogens with one attached hydrogen (secondary N) is 1. The Morgan fingerprint density at radius 2 is 2.06 bits per heavy atom. The molecule has 4 rings (SSSR count). The molecule has 3 aromatic rings. The van der Waals surface area contributed by atoms with Crippen molar-refractivity contribution in [2.24, 2.45) is 5.92 Å². The van der Waals surface area contributed by atoms with Gasteiger partial charge in [-0.15, -0.1) is 6.42 Å². The molecule has 1 aromatic carbocycles. The minimum Gasteiger partial charge on any atom is -0.370 e. The molecule has 0 unspecified atom stereocenters. The zero-order valence-corrected chi connectivity index (χ0v) is 18.1. The van der Waals surface area contributed by atoms with Crippen molar-refractivity contribution < 1.29 is 13.6 Å². The molecule has 1 saturated heterocycles. The molecule has 5 nitrogen and oxygen atoms in total. The summed E-state index contributed by atoms with van der Waals surface area (Å²) in [5.74, 6) is 1.32. The lowest BCUT2D eigenvalue weighted by atomic mass is 9.91. The van der Waals surface area contributed by atoms with Crippen molar-refractivity contribution >= 4 is 23.5 Å². The van der Waals surface area contributed by atoms with Gasteiger partial charge in [-0.1, -0.05) is 12.5 Å². The Balaban J connectivity index is 1.48. The Hall–Kier alpha value is -3.92. The van der Waals surface area contributed by atoms with Crippen LogP contribution in [0.2, 0.25) is 0 Å². The van der Waals surface area contributed by atoms with Gasteiger partial charge >= 0.3 is 0 Å². The third kappa shape index (κ3) is 4.96. The van der Waals surface area contributed by atoms with E-state index in [0.29, 0.717) is 29.1 Å². The van der Waals surface area contributed by atoms with Crippen molar-refractivity contribution in [1.82, 2.24) is 9.55 Å². The van der Waals surface area contributed by atoms with Gasteiger partial charge in [0, 0.05) is 37.1 Å². The molecule has 168 valence electrons. The van der Waals surface area contributed by atoms with E-state index >= 15 is 0 Å². The van der Waals surface area contributed by atoms with Crippen LogP contribution in [-0.2, 0) is 6.42 Å². The monoisotopic (exact) mass is 446 g/mol. The first kappa shape index (κ1) is 22.3. The fraction of sp³-hybridized carbons (Fsp3) is 0.231. The minimum atomic E-state index is -0.670. The summed E-state index contributed by atoms with van der Waals surface area (Å²) < 4.78 is 28.8. The summed E-state index contributed by atoms with van der Waals surface area (Å²) >= 11 is 0. The second-order valence-electron chi connectivity index (χ2n) is 8.03. The first-order chi connectivity index (χ1) is 16.0. The molecule has 1 amide bonds. The van der Waals surface area contributed by atoms with E-state index in [9.17, 15) is 13.6 Å². The number of amides is 1. The van der Waals surface area contributed by atoms with Crippen LogP contribution >= 0.6 is 0 Å². The highest BCUT2D eigenvalue weighted by molar-refractivity contribution is 6.05. The van der Waals surface area contributed by atoms with Gasteiger partial charge in [0.1, 0.15) is 17.3 Å². The highest BCUT2D eigenvalue weighted by Gasteiger charge is 2.24. The molecule has 0 radical (unpaired) electrons. The zero-order valence-electron chi connectivity index (χ0n) is 18.1. The summed E-state index contributed by atoms with van der Waals surface area (Å²) in [4.78, 5) is 19.0. The van der Waals surface area contributed by atoms with Crippen LogP contribution in [0.1, 0.15) is 34.6 Å². The first-order valence-electron chi connectivity index (χ1n) is 10.7. The molecule has 3 heterocycles. The van der Waals surface area contributed by atoms with Crippen LogP contribution in [0.4, 0.5) is 20.2 Å². The van der Waals surface area contributed by atoms with E-state index in [2.05, 4.69) is 27.7 Å². The van der Waals surface area contributed by atoms with Crippen LogP contribution in [0.5, 0.6) is 0 Å². The number of carbonyl (C=O) groups is 1. The molecule has 1 fully saturated rings. The molecule has 0 aliphatic carbocycles. The average molecular weight is 447 g/mol. The Morgan fingerprint density at radius 3 is 2.76 bits per heavy atom. The first-order valence-corrected chi connectivity index (χ1v) is 10.7. The fourth-order valence-electron chi connectivity index (χ4n) is 4.18. The standard InChI is InChI=1S/C26H24F2N4O/c1-3-18-7-8-24(23(14-18)30-26(33)25-6-5-11-31(25)4-2)32-12-9-19(10-13-32)15-22-21(28)16-20(27)17-29-22/h1,4-8,11,14,16-17,19H,2,9-10,12-13,15H2,(H,30,33). The van der Waals surface area contributed by atoms with Gasteiger partial charge in [-0.2, -0.15) is 0 Å². The number of piperidine rings is 1. The summed E-state index contributed by atoms with van der Waals surface area (Å²) in [6.45, 7) is 5.18. The van der Waals surface area contributed by atoms with Crippen molar-refractivity contribution in [3.63, 3.8) is 0 Å². The number of hydrogen-bond donors (Lipinski definition) is 1. The molecule has 0 atom stereocenters. The van der Waals surface area contributed by atoms with Crippen LogP contribution in [0.25, 0.3) is 6.20 Å². The highest BCUT2D eigenvalue weighted by atomic mass is 19.1. The average Bonchev–Trinajstić information content (AvgIpc) is 3.31. The van der Waals surface area contributed by atoms with Crippen LogP contribution in [-0.4, -0.2) is 28.5 Å². The van der Waals surface area contributed by atoms with Gasteiger partial charge in [-0.25, -0.2) is 8.78 Å². The van der Waals surface area contributed by atoms with E-state index in [1.54, 1.807) is 35.2 Å². The molecule has 33 heavy (non-hydrogen) atoms. The SMILES string of the molecule is C#Cc1ccc(N2CCC(Cc3ncc(F)cc3F)CC2)c(NC(=O)c2cccn2C=C)c1. The summed E-state index contributed by atoms with van der Waals surface area (Å²) in [6, 6.07) is 9.93. The molecule has 1 aliphatic rings. The van der Waals surface area contributed by atoms with Crippen LogP contribution in [0.15, 0.2) is 55.4 Å². The number of aromatic nitrogens is 2. The summed E-state index contributed by atoms with van der Waals surface area (Å²) in [5.41, 5.74) is 2.95. The number of terminal acetylenes is 1. The van der Waals surface area contributed by atoms with E-state index in [1.807, 2.05) is 12.1 Å². The molecule has 7 heteroatoms. The maximum Gasteiger partial charge on any atom is 0.272 e. The van der Waals surface area contributed by atoms with E-state index in [0.717, 1.165) is 43.9 Å². The molecule has 1 N–H and O–H groups in total. The Bertz CT molecular complexity index is 1220. The molecule has 0 saturated carbocycles. The topological polar surface area (TPSA) is 50.2 Å². The molecular weight excluding hydrogens is 422 g/mol. The van der Waals surface area contributed by atoms with Gasteiger partial charge in [-0.05, 0) is 55.5 Å². The number of nitrogens with zero attached hydrogens (tertiary/aromatic N) is 3. The fourth-order valence-corrected chi connectivity index (χ4v) is 4.18. The van der Waals surface area contributed by atoms with Gasteiger partial charge in [0.2, 0.25) is 0 Å². The molecule has 0 spiro atoms. The van der Waals surface area contributed by atoms with E-state index in [1.165, 1.54) is 0 Å². The molecule has 1 aliphatic heterocycles. The third-order valence-corrected chi connectivity index (χ3v) is 5.94. The lowest BCUT2D eigenvalue weighted by molar-refractivity contribution is 0.102. The van der Waals surface area contributed by atoms with Crippen LogP contribution in [0.3, 0.4) is 0 Å². The number of carbonyl (C=O) groups excluding carboxylic acids is 1. The van der Waals surface area contributed by atoms with Gasteiger partial charge in [0.25, 0.3) is 5.91 Å². The van der Waals surface area contributed by atoms with Gasteiger partial charge < -0.3 is 14.8 Å². The number of halogens is 2. The number of anilines is 2. The summed E-state index contributed by atoms with van der Waals surface area (Å²) in [7, 11) is 0. The number of hydrogen-bond acceptors (Lipinski definition) is 3. The van der Waals surface area contributed by atoms with Gasteiger partial charge in [0.15, 0.2) is 0 Å². The second kappa shape index (κ2) is 9.70. The largest absolute Gasteiger partial charge is 0.370 e. The third-order valence-electron chi connectivity index (χ3n) is 5.94. The zero-order chi connectivity index (χ0) is 23.4. The van der Waals surface area contributed by atoms with Crippen LogP contribution < -0.4 is 10.2 Å². The minimum absolute atomic E-state index is 0.243. The predicted octanol–water partition coefficient (Wildman–Crippen LogP) is 4.95. The van der Waals surface area contributed by atoms with E-state index < -0.39 is 11.6 Å². The van der Waals surface area contributed by atoms with Crippen molar-refractivity contribution in [1.29, 1.82) is 0 Å². The van der Waals surface area contributed by atoms with E-state index in [4.69, 9.17) is 6.42 Å². The van der Waals surface area contributed by atoms with Crippen molar-refractivity contribution in [3.05, 3.63) is 84.0 Å². The normalized spacial score (nSPS) is 14.0. The van der Waals surface area contributed by atoms with Crippen molar-refractivity contribution in [3.8, 4) is 12.3 Å². The van der Waals surface area contributed by atoms with Crippen molar-refractivity contribution in [2.45, 2.75) is 19.3 Å². The summed E-state index contributed by atoms with van der Waals surface area (Å²) in [5, 5.41) is 2.98. The lowest BCUT2D eigenvalue weighted by Crippen LogP contribution is -2.35. The Labute approximate surface area is 191 Å². The maximum atomic E-state index is 14.0. The highest BCUT2D eigenvalue weighted by Crippen LogP contribution is 2.32. The predicted molar refractivity (Wildman–Crippen MR) is 126 cm³/mol. The molecular formula is C26H24F2N4O. The van der Waals surface area contributed by atoms with E-state index in [-0.39, 0.29) is 11.8 Å². The lowest BCUT2D eigenvalue weighted by Gasteiger charge is -2.34. The number of benzene rings is 1. The Morgan fingerprint density at radius 1 is 1.27 bits per heavy atom. The molecule has 0 bridgehead atoms. The van der Waals surface area contributed by atoms with Gasteiger partial charge in [-0.3, -0.25) is 9.78 Å². The maximum absolute atomic E-state index is 14.0. The summed E-state index contributed by atoms with van der Waals surface area (Å²) in [6.07, 6.45) is 12.1. The van der Waals surface area contributed by atoms with Crippen LogP contribution in [0, 0.1) is 29.9 Å². The number of rotatable bonds is 6. The molecule has 2 aromatic heterocycles.